The quantitative estimate of drug-likeness (QED) is 0.810. The molecule has 0 aliphatic carbocycles. The molecule has 2 rings (SSSR count). The van der Waals surface area contributed by atoms with E-state index in [1.54, 1.807) is 6.07 Å². The van der Waals surface area contributed by atoms with E-state index in [4.69, 9.17) is 0 Å². The van der Waals surface area contributed by atoms with Gasteiger partial charge in [0.05, 0.1) is 11.4 Å². The lowest BCUT2D eigenvalue weighted by molar-refractivity contribution is 0.570. The van der Waals surface area contributed by atoms with Gasteiger partial charge < -0.3 is 5.32 Å². The second kappa shape index (κ2) is 6.48. The third-order valence-corrected chi connectivity index (χ3v) is 3.12. The SMILES string of the molecule is CCn1nc(C)cc1CNCCc1ccccc1F. The van der Waals surface area contributed by atoms with Crippen molar-refractivity contribution in [2.75, 3.05) is 6.54 Å². The molecule has 0 radical (unpaired) electrons. The minimum absolute atomic E-state index is 0.126. The number of nitrogens with one attached hydrogen (secondary N) is 1. The lowest BCUT2D eigenvalue weighted by Gasteiger charge is -2.07. The fourth-order valence-corrected chi connectivity index (χ4v) is 2.16. The highest BCUT2D eigenvalue weighted by Crippen LogP contribution is 2.07. The van der Waals surface area contributed by atoms with Crippen molar-refractivity contribution in [3.05, 3.63) is 53.1 Å². The van der Waals surface area contributed by atoms with E-state index >= 15 is 0 Å². The zero-order valence-electron chi connectivity index (χ0n) is 11.5. The zero-order valence-corrected chi connectivity index (χ0v) is 11.5. The van der Waals surface area contributed by atoms with E-state index in [1.165, 1.54) is 11.8 Å². The van der Waals surface area contributed by atoms with E-state index in [1.807, 2.05) is 23.7 Å². The average Bonchev–Trinajstić information content (AvgIpc) is 2.77. The number of rotatable bonds is 6. The van der Waals surface area contributed by atoms with Gasteiger partial charge in [0.25, 0.3) is 0 Å². The summed E-state index contributed by atoms with van der Waals surface area (Å²) in [6.45, 7) is 6.47. The maximum Gasteiger partial charge on any atom is 0.126 e. The molecule has 0 saturated carbocycles. The van der Waals surface area contributed by atoms with Crippen LogP contribution in [0.3, 0.4) is 0 Å². The van der Waals surface area contributed by atoms with Crippen LogP contribution in [0.25, 0.3) is 0 Å². The number of benzene rings is 1. The summed E-state index contributed by atoms with van der Waals surface area (Å²) >= 11 is 0. The van der Waals surface area contributed by atoms with E-state index in [-0.39, 0.29) is 5.82 Å². The van der Waals surface area contributed by atoms with Gasteiger partial charge in [-0.05, 0) is 44.5 Å². The molecule has 3 nitrogen and oxygen atoms in total. The van der Waals surface area contributed by atoms with Crippen LogP contribution in [0.2, 0.25) is 0 Å². The molecule has 19 heavy (non-hydrogen) atoms. The Hall–Kier alpha value is -1.68. The highest BCUT2D eigenvalue weighted by Gasteiger charge is 2.04. The minimum atomic E-state index is -0.126. The lowest BCUT2D eigenvalue weighted by atomic mass is 10.1. The second-order valence-corrected chi connectivity index (χ2v) is 4.61. The number of hydrogen-bond donors (Lipinski definition) is 1. The summed E-state index contributed by atoms with van der Waals surface area (Å²) in [6, 6.07) is 9.00. The molecule has 0 spiro atoms. The third kappa shape index (κ3) is 3.64. The number of halogens is 1. The van der Waals surface area contributed by atoms with E-state index in [0.717, 1.165) is 30.9 Å². The Labute approximate surface area is 113 Å². The Morgan fingerprint density at radius 3 is 2.84 bits per heavy atom. The normalized spacial score (nSPS) is 10.9. The molecule has 102 valence electrons. The zero-order chi connectivity index (χ0) is 13.7. The van der Waals surface area contributed by atoms with Crippen LogP contribution < -0.4 is 5.32 Å². The Bertz CT molecular complexity index is 534. The first-order chi connectivity index (χ1) is 9.20. The summed E-state index contributed by atoms with van der Waals surface area (Å²) in [5, 5.41) is 7.73. The fourth-order valence-electron chi connectivity index (χ4n) is 2.16. The molecule has 0 atom stereocenters. The van der Waals surface area contributed by atoms with Crippen molar-refractivity contribution in [3.8, 4) is 0 Å². The number of nitrogens with zero attached hydrogens (tertiary/aromatic N) is 2. The molecule has 1 heterocycles. The summed E-state index contributed by atoms with van der Waals surface area (Å²) < 4.78 is 15.4. The van der Waals surface area contributed by atoms with Crippen molar-refractivity contribution in [1.29, 1.82) is 0 Å². The largest absolute Gasteiger partial charge is 0.311 e. The first-order valence-electron chi connectivity index (χ1n) is 6.68. The van der Waals surface area contributed by atoms with Crippen molar-refractivity contribution in [3.63, 3.8) is 0 Å². The van der Waals surface area contributed by atoms with Crippen LogP contribution in [0.15, 0.2) is 30.3 Å². The van der Waals surface area contributed by atoms with Gasteiger partial charge in [-0.1, -0.05) is 18.2 Å². The molecule has 0 fully saturated rings. The molecule has 0 aliphatic heterocycles. The fraction of sp³-hybridized carbons (Fsp3) is 0.400. The van der Waals surface area contributed by atoms with Gasteiger partial charge in [0.2, 0.25) is 0 Å². The standard InChI is InChI=1S/C15H20FN3/c1-3-19-14(10-12(2)18-19)11-17-9-8-13-6-4-5-7-15(13)16/h4-7,10,17H,3,8-9,11H2,1-2H3. The third-order valence-electron chi connectivity index (χ3n) is 3.12. The van der Waals surface area contributed by atoms with Gasteiger partial charge in [0.1, 0.15) is 5.82 Å². The maximum atomic E-state index is 13.4. The lowest BCUT2D eigenvalue weighted by Crippen LogP contribution is -2.19. The van der Waals surface area contributed by atoms with Gasteiger partial charge in [0.15, 0.2) is 0 Å². The molecular weight excluding hydrogens is 241 g/mol. The van der Waals surface area contributed by atoms with Gasteiger partial charge in [-0.25, -0.2) is 4.39 Å². The molecule has 0 unspecified atom stereocenters. The molecule has 2 aromatic rings. The predicted molar refractivity (Wildman–Crippen MR) is 74.4 cm³/mol. The number of hydrogen-bond acceptors (Lipinski definition) is 2. The molecule has 4 heteroatoms. The van der Waals surface area contributed by atoms with Gasteiger partial charge >= 0.3 is 0 Å². The topological polar surface area (TPSA) is 29.9 Å². The maximum absolute atomic E-state index is 13.4. The van der Waals surface area contributed by atoms with Crippen molar-refractivity contribution in [2.45, 2.75) is 33.4 Å². The Balaban J connectivity index is 1.82. The van der Waals surface area contributed by atoms with E-state index in [2.05, 4.69) is 23.4 Å². The van der Waals surface area contributed by atoms with Crippen molar-refractivity contribution in [1.82, 2.24) is 15.1 Å². The molecule has 0 amide bonds. The molecule has 0 saturated heterocycles. The molecule has 1 aromatic heterocycles. The molecule has 1 aromatic carbocycles. The number of aryl methyl sites for hydroxylation is 2. The van der Waals surface area contributed by atoms with E-state index in [0.29, 0.717) is 6.42 Å². The van der Waals surface area contributed by atoms with Crippen LogP contribution in [0.1, 0.15) is 23.9 Å². The highest BCUT2D eigenvalue weighted by atomic mass is 19.1. The smallest absolute Gasteiger partial charge is 0.126 e. The minimum Gasteiger partial charge on any atom is -0.311 e. The molecule has 1 N–H and O–H groups in total. The molecular formula is C15H20FN3. The van der Waals surface area contributed by atoms with Gasteiger partial charge in [-0.2, -0.15) is 5.10 Å². The number of aromatic nitrogens is 2. The van der Waals surface area contributed by atoms with Crippen LogP contribution in [0.5, 0.6) is 0 Å². The summed E-state index contributed by atoms with van der Waals surface area (Å²) in [5.74, 6) is -0.126. The molecule has 0 aliphatic rings. The van der Waals surface area contributed by atoms with E-state index in [9.17, 15) is 4.39 Å². The monoisotopic (exact) mass is 261 g/mol. The van der Waals surface area contributed by atoms with Gasteiger partial charge in [-0.15, -0.1) is 0 Å². The van der Waals surface area contributed by atoms with Crippen LogP contribution in [-0.4, -0.2) is 16.3 Å². The Morgan fingerprint density at radius 2 is 2.11 bits per heavy atom. The van der Waals surface area contributed by atoms with Crippen molar-refractivity contribution >= 4 is 0 Å². The predicted octanol–water partition coefficient (Wildman–Crippen LogP) is 2.68. The van der Waals surface area contributed by atoms with Crippen LogP contribution in [0.4, 0.5) is 4.39 Å². The van der Waals surface area contributed by atoms with Crippen molar-refractivity contribution in [2.24, 2.45) is 0 Å². The van der Waals surface area contributed by atoms with Crippen LogP contribution >= 0.6 is 0 Å². The average molecular weight is 261 g/mol. The summed E-state index contributed by atoms with van der Waals surface area (Å²) in [4.78, 5) is 0. The summed E-state index contributed by atoms with van der Waals surface area (Å²) in [7, 11) is 0. The first kappa shape index (κ1) is 13.7. The highest BCUT2D eigenvalue weighted by molar-refractivity contribution is 5.17. The van der Waals surface area contributed by atoms with E-state index < -0.39 is 0 Å². The van der Waals surface area contributed by atoms with Crippen LogP contribution in [0, 0.1) is 12.7 Å². The second-order valence-electron chi connectivity index (χ2n) is 4.61. The Kier molecular flexibility index (Phi) is 4.68. The van der Waals surface area contributed by atoms with Gasteiger partial charge in [0, 0.05) is 13.1 Å². The van der Waals surface area contributed by atoms with Gasteiger partial charge in [-0.3, -0.25) is 4.68 Å². The summed E-state index contributed by atoms with van der Waals surface area (Å²) in [5.41, 5.74) is 2.97. The summed E-state index contributed by atoms with van der Waals surface area (Å²) in [6.07, 6.45) is 0.700. The molecule has 0 bridgehead atoms. The van der Waals surface area contributed by atoms with Crippen molar-refractivity contribution < 1.29 is 4.39 Å². The first-order valence-corrected chi connectivity index (χ1v) is 6.68. The van der Waals surface area contributed by atoms with Crippen LogP contribution in [-0.2, 0) is 19.5 Å². The Morgan fingerprint density at radius 1 is 1.32 bits per heavy atom.